The zero-order valence-electron chi connectivity index (χ0n) is 11.9. The van der Waals surface area contributed by atoms with Crippen LogP contribution in [0.3, 0.4) is 0 Å². The number of hydrogen-bond donors (Lipinski definition) is 1. The summed E-state index contributed by atoms with van der Waals surface area (Å²) in [4.78, 5) is 0. The highest BCUT2D eigenvalue weighted by atomic mass is 79.9. The van der Waals surface area contributed by atoms with Crippen molar-refractivity contribution < 1.29 is 0 Å². The third-order valence-corrected chi connectivity index (χ3v) is 3.86. The summed E-state index contributed by atoms with van der Waals surface area (Å²) in [6.07, 6.45) is 7.84. The van der Waals surface area contributed by atoms with Gasteiger partial charge in [-0.1, -0.05) is 27.2 Å². The summed E-state index contributed by atoms with van der Waals surface area (Å²) >= 11 is 3.61. The Hall–Kier alpha value is -0.350. The smallest absolute Gasteiger partial charge is 0.0635 e. The lowest BCUT2D eigenvalue weighted by atomic mass is 10.0. The van der Waals surface area contributed by atoms with Gasteiger partial charge in [-0.15, -0.1) is 0 Å². The summed E-state index contributed by atoms with van der Waals surface area (Å²) < 4.78 is 3.29. The van der Waals surface area contributed by atoms with Crippen molar-refractivity contribution in [2.45, 2.75) is 65.5 Å². The van der Waals surface area contributed by atoms with E-state index in [4.69, 9.17) is 0 Å². The largest absolute Gasteiger partial charge is 0.314 e. The van der Waals surface area contributed by atoms with E-state index in [0.29, 0.717) is 6.04 Å². The van der Waals surface area contributed by atoms with Crippen LogP contribution in [-0.4, -0.2) is 22.4 Å². The molecule has 0 saturated carbocycles. The van der Waals surface area contributed by atoms with E-state index >= 15 is 0 Å². The molecule has 0 saturated heterocycles. The first-order chi connectivity index (χ1) is 8.72. The highest BCUT2D eigenvalue weighted by Crippen LogP contribution is 2.19. The third-order valence-electron chi connectivity index (χ3n) is 3.19. The van der Waals surface area contributed by atoms with E-state index in [1.807, 2.05) is 6.20 Å². The molecule has 1 N–H and O–H groups in total. The molecule has 0 spiro atoms. The minimum absolute atomic E-state index is 0.636. The molecule has 1 aromatic heterocycles. The van der Waals surface area contributed by atoms with Crippen molar-refractivity contribution in [3.05, 3.63) is 16.4 Å². The van der Waals surface area contributed by atoms with Gasteiger partial charge in [-0.05, 0) is 48.2 Å². The Labute approximate surface area is 119 Å². The molecule has 1 unspecified atom stereocenters. The van der Waals surface area contributed by atoms with E-state index in [2.05, 4.69) is 51.8 Å². The molecule has 0 radical (unpaired) electrons. The molecule has 1 aromatic rings. The summed E-state index contributed by atoms with van der Waals surface area (Å²) in [7, 11) is 0. The van der Waals surface area contributed by atoms with E-state index in [1.165, 1.54) is 25.0 Å². The zero-order valence-corrected chi connectivity index (χ0v) is 13.5. The summed E-state index contributed by atoms with van der Waals surface area (Å²) in [5.74, 6) is 0. The molecular formula is C14H26BrN3. The Morgan fingerprint density at radius 3 is 2.67 bits per heavy atom. The van der Waals surface area contributed by atoms with Crippen LogP contribution in [-0.2, 0) is 13.0 Å². The standard InChI is InChI=1S/C14H26BrN3/c1-4-7-12(16-6-3)8-9-14-13(15)11-17-18(14)10-5-2/h11-12,16H,4-10H2,1-3H3. The van der Waals surface area contributed by atoms with Crippen LogP contribution >= 0.6 is 15.9 Å². The van der Waals surface area contributed by atoms with Crippen molar-refractivity contribution in [3.63, 3.8) is 0 Å². The van der Waals surface area contributed by atoms with Crippen LogP contribution in [0, 0.1) is 0 Å². The van der Waals surface area contributed by atoms with E-state index in [0.717, 1.165) is 30.4 Å². The highest BCUT2D eigenvalue weighted by Gasteiger charge is 2.12. The lowest BCUT2D eigenvalue weighted by Gasteiger charge is -2.17. The molecule has 1 atom stereocenters. The fourth-order valence-electron chi connectivity index (χ4n) is 2.34. The number of aryl methyl sites for hydroxylation is 1. The monoisotopic (exact) mass is 315 g/mol. The molecular weight excluding hydrogens is 290 g/mol. The molecule has 0 aliphatic carbocycles. The van der Waals surface area contributed by atoms with E-state index in [9.17, 15) is 0 Å². The Balaban J connectivity index is 2.57. The van der Waals surface area contributed by atoms with Gasteiger partial charge < -0.3 is 5.32 Å². The van der Waals surface area contributed by atoms with Gasteiger partial charge in [0.2, 0.25) is 0 Å². The van der Waals surface area contributed by atoms with Gasteiger partial charge >= 0.3 is 0 Å². The molecule has 0 aromatic carbocycles. The second kappa shape index (κ2) is 8.70. The molecule has 18 heavy (non-hydrogen) atoms. The lowest BCUT2D eigenvalue weighted by molar-refractivity contribution is 0.449. The molecule has 0 fully saturated rings. The van der Waals surface area contributed by atoms with Crippen LogP contribution < -0.4 is 5.32 Å². The third kappa shape index (κ3) is 4.73. The van der Waals surface area contributed by atoms with E-state index < -0.39 is 0 Å². The van der Waals surface area contributed by atoms with Crippen LogP contribution in [0.15, 0.2) is 10.7 Å². The number of hydrogen-bond acceptors (Lipinski definition) is 2. The van der Waals surface area contributed by atoms with Gasteiger partial charge in [-0.2, -0.15) is 5.10 Å². The minimum atomic E-state index is 0.636. The van der Waals surface area contributed by atoms with Crippen molar-refractivity contribution in [1.82, 2.24) is 15.1 Å². The fourth-order valence-corrected chi connectivity index (χ4v) is 2.83. The number of rotatable bonds is 9. The molecule has 1 heterocycles. The zero-order chi connectivity index (χ0) is 13.4. The molecule has 1 rings (SSSR count). The topological polar surface area (TPSA) is 29.9 Å². The van der Waals surface area contributed by atoms with Gasteiger partial charge in [0.05, 0.1) is 16.4 Å². The second-order valence-electron chi connectivity index (χ2n) is 4.74. The quantitative estimate of drug-likeness (QED) is 0.751. The first kappa shape index (κ1) is 15.7. The van der Waals surface area contributed by atoms with Crippen LogP contribution in [0.1, 0.15) is 52.1 Å². The predicted molar refractivity (Wildman–Crippen MR) is 80.9 cm³/mol. The van der Waals surface area contributed by atoms with Crippen LogP contribution in [0.5, 0.6) is 0 Å². The lowest BCUT2D eigenvalue weighted by Crippen LogP contribution is -2.29. The van der Waals surface area contributed by atoms with Crippen LogP contribution in [0.4, 0.5) is 0 Å². The summed E-state index contributed by atoms with van der Waals surface area (Å²) in [6, 6.07) is 0.636. The fraction of sp³-hybridized carbons (Fsp3) is 0.786. The Bertz CT molecular complexity index is 330. The van der Waals surface area contributed by atoms with Crippen LogP contribution in [0.25, 0.3) is 0 Å². The molecule has 3 nitrogen and oxygen atoms in total. The van der Waals surface area contributed by atoms with Gasteiger partial charge in [0.15, 0.2) is 0 Å². The van der Waals surface area contributed by atoms with E-state index in [1.54, 1.807) is 0 Å². The average molecular weight is 316 g/mol. The van der Waals surface area contributed by atoms with Crippen molar-refractivity contribution in [2.24, 2.45) is 0 Å². The van der Waals surface area contributed by atoms with Gasteiger partial charge in [0, 0.05) is 12.6 Å². The first-order valence-electron chi connectivity index (χ1n) is 7.16. The number of aromatic nitrogens is 2. The van der Waals surface area contributed by atoms with Gasteiger partial charge in [0.1, 0.15) is 0 Å². The maximum atomic E-state index is 4.42. The molecule has 104 valence electrons. The van der Waals surface area contributed by atoms with Crippen LogP contribution in [0.2, 0.25) is 0 Å². The number of nitrogens with zero attached hydrogens (tertiary/aromatic N) is 2. The number of nitrogens with one attached hydrogen (secondary N) is 1. The summed E-state index contributed by atoms with van der Waals surface area (Å²) in [6.45, 7) is 8.69. The molecule has 0 bridgehead atoms. The average Bonchev–Trinajstić information content (AvgIpc) is 2.69. The summed E-state index contributed by atoms with van der Waals surface area (Å²) in [5.41, 5.74) is 1.34. The SMILES string of the molecule is CCCC(CCc1c(Br)cnn1CCC)NCC. The van der Waals surface area contributed by atoms with E-state index in [-0.39, 0.29) is 0 Å². The Morgan fingerprint density at radius 1 is 1.28 bits per heavy atom. The van der Waals surface area contributed by atoms with Crippen molar-refractivity contribution >= 4 is 15.9 Å². The van der Waals surface area contributed by atoms with Crippen molar-refractivity contribution in [3.8, 4) is 0 Å². The van der Waals surface area contributed by atoms with Gasteiger partial charge in [-0.3, -0.25) is 4.68 Å². The summed E-state index contributed by atoms with van der Waals surface area (Å²) in [5, 5.41) is 8.00. The first-order valence-corrected chi connectivity index (χ1v) is 7.95. The molecule has 0 aliphatic heterocycles. The minimum Gasteiger partial charge on any atom is -0.314 e. The van der Waals surface area contributed by atoms with Crippen molar-refractivity contribution in [2.75, 3.05) is 6.54 Å². The highest BCUT2D eigenvalue weighted by molar-refractivity contribution is 9.10. The normalized spacial score (nSPS) is 12.9. The predicted octanol–water partition coefficient (Wildman–Crippen LogP) is 3.77. The maximum absolute atomic E-state index is 4.42. The maximum Gasteiger partial charge on any atom is 0.0635 e. The molecule has 4 heteroatoms. The van der Waals surface area contributed by atoms with Gasteiger partial charge in [-0.25, -0.2) is 0 Å². The number of halogens is 1. The molecule has 0 amide bonds. The second-order valence-corrected chi connectivity index (χ2v) is 5.60. The van der Waals surface area contributed by atoms with Gasteiger partial charge in [0.25, 0.3) is 0 Å². The van der Waals surface area contributed by atoms with Crippen molar-refractivity contribution in [1.29, 1.82) is 0 Å². The Morgan fingerprint density at radius 2 is 2.06 bits per heavy atom. The Kier molecular flexibility index (Phi) is 7.59. The molecule has 0 aliphatic rings.